The van der Waals surface area contributed by atoms with Gasteiger partial charge in [-0.1, -0.05) is 51.1 Å². The Bertz CT molecular complexity index is 531. The number of hydrogen-bond acceptors (Lipinski definition) is 3. The van der Waals surface area contributed by atoms with E-state index in [2.05, 4.69) is 35.3 Å². The number of hydrogen-bond donors (Lipinski definition) is 0. The van der Waals surface area contributed by atoms with Gasteiger partial charge in [-0.2, -0.15) is 0 Å². The van der Waals surface area contributed by atoms with E-state index in [9.17, 15) is 4.79 Å². The van der Waals surface area contributed by atoms with Crippen LogP contribution in [0.25, 0.3) is 0 Å². The molecule has 0 aliphatic rings. The summed E-state index contributed by atoms with van der Waals surface area (Å²) in [4.78, 5) is 12.7. The van der Waals surface area contributed by atoms with Crippen molar-refractivity contribution in [1.29, 1.82) is 0 Å². The lowest BCUT2D eigenvalue weighted by atomic mass is 9.80. The van der Waals surface area contributed by atoms with E-state index in [1.165, 1.54) is 0 Å². The highest BCUT2D eigenvalue weighted by molar-refractivity contribution is 5.86. The molecule has 0 heterocycles. The molecular formula is C21H32N2O. The molecule has 1 unspecified atom stereocenters. The molecule has 0 aromatic heterocycles. The van der Waals surface area contributed by atoms with Crippen LogP contribution in [0.5, 0.6) is 0 Å². The lowest BCUT2D eigenvalue weighted by molar-refractivity contribution is -0.130. The number of benzene rings is 1. The minimum Gasteiger partial charge on any atom is -0.309 e. The molecule has 0 aliphatic carbocycles. The monoisotopic (exact) mass is 328 g/mol. The maximum Gasteiger partial charge on any atom is 0.141 e. The second kappa shape index (κ2) is 9.43. The quantitative estimate of drug-likeness (QED) is 0.458. The summed E-state index contributed by atoms with van der Waals surface area (Å²) in [5, 5.41) is 4.35. The fraction of sp³-hybridized carbons (Fsp3) is 0.476. The van der Waals surface area contributed by atoms with E-state index in [1.54, 1.807) is 0 Å². The standard InChI is InChI=1S/C21H32N2O/c1-7-12-18(20(24)21(3,4)5)15-17-23(16-8-2)22(6)19-13-10-9-11-14-19/h7-11,13-14,18H,1-2,12,15-17H2,3-6H3. The molecule has 0 bridgehead atoms. The number of ketones is 1. The predicted octanol–water partition coefficient (Wildman–Crippen LogP) is 4.72. The highest BCUT2D eigenvalue weighted by Gasteiger charge is 2.29. The summed E-state index contributed by atoms with van der Waals surface area (Å²) in [5.74, 6) is 0.322. The largest absolute Gasteiger partial charge is 0.309 e. The van der Waals surface area contributed by atoms with Crippen molar-refractivity contribution in [1.82, 2.24) is 5.01 Å². The van der Waals surface area contributed by atoms with Crippen molar-refractivity contribution in [2.75, 3.05) is 25.1 Å². The summed E-state index contributed by atoms with van der Waals surface area (Å²) in [6.07, 6.45) is 5.29. The molecule has 1 rings (SSSR count). The van der Waals surface area contributed by atoms with Crippen LogP contribution in [0.2, 0.25) is 0 Å². The number of Topliss-reactive ketones (excluding diaryl/α,β-unsaturated/α-hetero) is 1. The SMILES string of the molecule is C=CCC(CCN(CC=C)N(C)c1ccccc1)C(=O)C(C)(C)C. The number of para-hydroxylation sites is 1. The van der Waals surface area contributed by atoms with E-state index >= 15 is 0 Å². The van der Waals surface area contributed by atoms with Crippen LogP contribution >= 0.6 is 0 Å². The second-order valence-electron chi connectivity index (χ2n) is 7.18. The van der Waals surface area contributed by atoms with E-state index in [1.807, 2.05) is 58.2 Å². The number of rotatable bonds is 10. The third-order valence-corrected chi connectivity index (χ3v) is 4.19. The van der Waals surface area contributed by atoms with Gasteiger partial charge in [0, 0.05) is 31.5 Å². The van der Waals surface area contributed by atoms with Gasteiger partial charge in [0.1, 0.15) is 5.78 Å². The minimum absolute atomic E-state index is 0.0130. The Labute approximate surface area is 147 Å². The average molecular weight is 329 g/mol. The van der Waals surface area contributed by atoms with Crippen LogP contribution in [0.3, 0.4) is 0 Å². The number of anilines is 1. The Hall–Kier alpha value is -1.87. The van der Waals surface area contributed by atoms with Gasteiger partial charge < -0.3 is 5.01 Å². The zero-order valence-corrected chi connectivity index (χ0v) is 15.7. The normalized spacial score (nSPS) is 12.7. The van der Waals surface area contributed by atoms with Crippen molar-refractivity contribution in [2.24, 2.45) is 11.3 Å². The molecule has 1 aromatic carbocycles. The van der Waals surface area contributed by atoms with Gasteiger partial charge in [0.25, 0.3) is 0 Å². The molecule has 1 atom stereocenters. The van der Waals surface area contributed by atoms with Gasteiger partial charge in [-0.25, -0.2) is 5.01 Å². The Kier molecular flexibility index (Phi) is 7.93. The molecule has 3 nitrogen and oxygen atoms in total. The molecule has 0 fully saturated rings. The van der Waals surface area contributed by atoms with Gasteiger partial charge in [-0.05, 0) is 25.0 Å². The maximum atomic E-state index is 12.7. The zero-order chi connectivity index (χ0) is 18.2. The zero-order valence-electron chi connectivity index (χ0n) is 15.7. The van der Waals surface area contributed by atoms with E-state index in [4.69, 9.17) is 0 Å². The summed E-state index contributed by atoms with van der Waals surface area (Å²) >= 11 is 0. The highest BCUT2D eigenvalue weighted by Crippen LogP contribution is 2.25. The van der Waals surface area contributed by atoms with Gasteiger partial charge in [-0.3, -0.25) is 4.79 Å². The molecule has 132 valence electrons. The first-order valence-corrected chi connectivity index (χ1v) is 8.61. The molecule has 0 amide bonds. The number of allylic oxidation sites excluding steroid dienone is 1. The number of carbonyl (C=O) groups is 1. The molecule has 0 radical (unpaired) electrons. The molecule has 0 saturated carbocycles. The van der Waals surface area contributed by atoms with Crippen LogP contribution in [-0.4, -0.2) is 30.9 Å². The third-order valence-electron chi connectivity index (χ3n) is 4.19. The van der Waals surface area contributed by atoms with Crippen molar-refractivity contribution < 1.29 is 4.79 Å². The topological polar surface area (TPSA) is 23.6 Å². The lowest BCUT2D eigenvalue weighted by Crippen LogP contribution is -2.42. The number of nitrogens with zero attached hydrogens (tertiary/aromatic N) is 2. The molecule has 0 spiro atoms. The summed E-state index contributed by atoms with van der Waals surface area (Å²) in [7, 11) is 2.05. The smallest absolute Gasteiger partial charge is 0.141 e. The third kappa shape index (κ3) is 5.97. The van der Waals surface area contributed by atoms with Gasteiger partial charge in [0.05, 0.1) is 5.69 Å². The van der Waals surface area contributed by atoms with E-state index in [0.29, 0.717) is 5.78 Å². The highest BCUT2D eigenvalue weighted by atomic mass is 16.1. The van der Waals surface area contributed by atoms with Gasteiger partial charge >= 0.3 is 0 Å². The van der Waals surface area contributed by atoms with Crippen LogP contribution in [0, 0.1) is 11.3 Å². The maximum absolute atomic E-state index is 12.7. The van der Waals surface area contributed by atoms with E-state index in [-0.39, 0.29) is 11.3 Å². The Morgan fingerprint density at radius 2 is 1.79 bits per heavy atom. The Morgan fingerprint density at radius 1 is 1.17 bits per heavy atom. The predicted molar refractivity (Wildman–Crippen MR) is 104 cm³/mol. The summed E-state index contributed by atoms with van der Waals surface area (Å²) in [5.41, 5.74) is 0.809. The van der Waals surface area contributed by atoms with Crippen LogP contribution in [-0.2, 0) is 4.79 Å². The second-order valence-corrected chi connectivity index (χ2v) is 7.18. The van der Waals surface area contributed by atoms with Crippen LogP contribution in [0.4, 0.5) is 5.69 Å². The molecular weight excluding hydrogens is 296 g/mol. The van der Waals surface area contributed by atoms with Crippen LogP contribution < -0.4 is 5.01 Å². The van der Waals surface area contributed by atoms with Crippen molar-refractivity contribution in [3.05, 3.63) is 55.6 Å². The molecule has 0 N–H and O–H groups in total. The van der Waals surface area contributed by atoms with Gasteiger partial charge in [0.15, 0.2) is 0 Å². The minimum atomic E-state index is -0.317. The van der Waals surface area contributed by atoms with E-state index < -0.39 is 0 Å². The number of hydrazine groups is 1. The first-order valence-electron chi connectivity index (χ1n) is 8.61. The van der Waals surface area contributed by atoms with Gasteiger partial charge in [0.2, 0.25) is 0 Å². The van der Waals surface area contributed by atoms with Crippen molar-refractivity contribution in [3.63, 3.8) is 0 Å². The van der Waals surface area contributed by atoms with Crippen molar-refractivity contribution in [2.45, 2.75) is 33.6 Å². The van der Waals surface area contributed by atoms with E-state index in [0.717, 1.165) is 31.6 Å². The molecule has 24 heavy (non-hydrogen) atoms. The van der Waals surface area contributed by atoms with Crippen LogP contribution in [0.15, 0.2) is 55.6 Å². The van der Waals surface area contributed by atoms with Crippen molar-refractivity contribution >= 4 is 11.5 Å². The molecule has 1 aromatic rings. The Balaban J connectivity index is 2.81. The fourth-order valence-electron chi connectivity index (χ4n) is 2.79. The van der Waals surface area contributed by atoms with Crippen LogP contribution in [0.1, 0.15) is 33.6 Å². The average Bonchev–Trinajstić information content (AvgIpc) is 2.56. The van der Waals surface area contributed by atoms with Gasteiger partial charge in [-0.15, -0.1) is 13.2 Å². The summed E-state index contributed by atoms with van der Waals surface area (Å²) in [6, 6.07) is 10.2. The fourth-order valence-corrected chi connectivity index (χ4v) is 2.79. The number of carbonyl (C=O) groups excluding carboxylic acids is 1. The summed E-state index contributed by atoms with van der Waals surface area (Å²) < 4.78 is 0. The molecule has 0 aliphatic heterocycles. The lowest BCUT2D eigenvalue weighted by Gasteiger charge is -2.34. The summed E-state index contributed by atoms with van der Waals surface area (Å²) in [6.45, 7) is 15.2. The Morgan fingerprint density at radius 3 is 2.29 bits per heavy atom. The first-order chi connectivity index (χ1) is 11.3. The first kappa shape index (κ1) is 20.2. The molecule has 3 heteroatoms. The molecule has 0 saturated heterocycles. The van der Waals surface area contributed by atoms with Crippen molar-refractivity contribution in [3.8, 4) is 0 Å².